The summed E-state index contributed by atoms with van der Waals surface area (Å²) in [6.45, 7) is 13.0. The normalized spacial score (nSPS) is 13.0. The Labute approximate surface area is 208 Å². The summed E-state index contributed by atoms with van der Waals surface area (Å²) in [4.78, 5) is 38.8. The highest BCUT2D eigenvalue weighted by molar-refractivity contribution is 5.90. The molecule has 7 nitrogen and oxygen atoms in total. The van der Waals surface area contributed by atoms with Crippen molar-refractivity contribution >= 4 is 18.0 Å². The van der Waals surface area contributed by atoms with Gasteiger partial charge in [0.05, 0.1) is 0 Å². The molecule has 2 aromatic rings. The van der Waals surface area contributed by atoms with Crippen LogP contribution in [0.2, 0.25) is 0 Å². The van der Waals surface area contributed by atoms with Gasteiger partial charge in [-0.1, -0.05) is 61.9 Å². The zero-order chi connectivity index (χ0) is 26.2. The van der Waals surface area contributed by atoms with E-state index >= 15 is 0 Å². The van der Waals surface area contributed by atoms with Crippen molar-refractivity contribution in [2.45, 2.75) is 79.0 Å². The molecule has 0 fully saturated rings. The summed E-state index contributed by atoms with van der Waals surface area (Å²) in [5.74, 6) is -0.452. The molecule has 35 heavy (non-hydrogen) atoms. The van der Waals surface area contributed by atoms with E-state index in [1.165, 1.54) is 0 Å². The van der Waals surface area contributed by atoms with Crippen LogP contribution in [0.1, 0.15) is 57.7 Å². The Morgan fingerprint density at radius 3 is 2.14 bits per heavy atom. The molecule has 0 saturated carbocycles. The van der Waals surface area contributed by atoms with Crippen LogP contribution in [0, 0.1) is 19.8 Å². The maximum atomic E-state index is 13.3. The van der Waals surface area contributed by atoms with Gasteiger partial charge in [-0.2, -0.15) is 0 Å². The molecule has 0 aliphatic heterocycles. The number of amides is 2. The van der Waals surface area contributed by atoms with E-state index in [0.717, 1.165) is 16.7 Å². The summed E-state index contributed by atoms with van der Waals surface area (Å²) in [6.07, 6.45) is -0.0706. The third kappa shape index (κ3) is 9.81. The number of ether oxygens (including phenoxy) is 2. The lowest BCUT2D eigenvalue weighted by Crippen LogP contribution is -2.54. The summed E-state index contributed by atoms with van der Waals surface area (Å²) < 4.78 is 11.0. The Balaban J connectivity index is 2.21. The number of benzene rings is 2. The number of esters is 1. The van der Waals surface area contributed by atoms with Gasteiger partial charge in [-0.25, -0.2) is 9.59 Å². The summed E-state index contributed by atoms with van der Waals surface area (Å²) >= 11 is 0. The second-order valence-corrected chi connectivity index (χ2v) is 10.3. The van der Waals surface area contributed by atoms with E-state index in [1.54, 1.807) is 26.8 Å². The Hall–Kier alpha value is -3.35. The first-order valence-corrected chi connectivity index (χ1v) is 12.0. The van der Waals surface area contributed by atoms with Crippen molar-refractivity contribution in [3.8, 4) is 5.75 Å². The molecule has 2 atom stereocenters. The van der Waals surface area contributed by atoms with Gasteiger partial charge in [0.15, 0.2) is 0 Å². The van der Waals surface area contributed by atoms with Gasteiger partial charge in [0, 0.05) is 6.42 Å². The molecule has 7 heteroatoms. The lowest BCUT2D eigenvalue weighted by atomic mass is 10.0. The van der Waals surface area contributed by atoms with E-state index < -0.39 is 35.7 Å². The largest absolute Gasteiger partial charge is 0.444 e. The number of hydrogen-bond acceptors (Lipinski definition) is 5. The predicted octanol–water partition coefficient (Wildman–Crippen LogP) is 4.88. The topological polar surface area (TPSA) is 93.7 Å². The molecule has 2 N–H and O–H groups in total. The van der Waals surface area contributed by atoms with Gasteiger partial charge in [0.25, 0.3) is 0 Å². The monoisotopic (exact) mass is 482 g/mol. The van der Waals surface area contributed by atoms with Gasteiger partial charge < -0.3 is 20.1 Å². The van der Waals surface area contributed by atoms with Crippen LogP contribution in [0.25, 0.3) is 0 Å². The molecule has 0 bridgehead atoms. The Morgan fingerprint density at radius 1 is 0.914 bits per heavy atom. The molecule has 0 saturated heterocycles. The molecule has 0 aliphatic carbocycles. The lowest BCUT2D eigenvalue weighted by molar-refractivity contribution is -0.140. The molecule has 190 valence electrons. The fourth-order valence-corrected chi connectivity index (χ4v) is 3.56. The second kappa shape index (κ2) is 12.4. The number of nitrogens with one attached hydrogen (secondary N) is 2. The summed E-state index contributed by atoms with van der Waals surface area (Å²) in [5.41, 5.74) is 2.04. The number of hydrogen-bond donors (Lipinski definition) is 2. The van der Waals surface area contributed by atoms with Crippen LogP contribution < -0.4 is 15.4 Å². The molecule has 0 aliphatic rings. The zero-order valence-electron chi connectivity index (χ0n) is 21.8. The maximum absolute atomic E-state index is 13.3. The average molecular weight is 483 g/mol. The van der Waals surface area contributed by atoms with Crippen molar-refractivity contribution in [3.05, 3.63) is 65.2 Å². The van der Waals surface area contributed by atoms with E-state index in [1.807, 2.05) is 70.2 Å². The van der Waals surface area contributed by atoms with Crippen LogP contribution in [-0.4, -0.2) is 35.7 Å². The van der Waals surface area contributed by atoms with Crippen molar-refractivity contribution in [2.24, 2.45) is 5.92 Å². The fourth-order valence-electron chi connectivity index (χ4n) is 3.56. The SMILES string of the molecule is Cc1ccc(OC(=O)[C@H](CC(C)C)NC(=O)[C@H](Cc2ccccc2)NC(=O)OC(C)(C)C)c(C)c1. The molecule has 2 amide bonds. The minimum atomic E-state index is -0.934. The van der Waals surface area contributed by atoms with Gasteiger partial charge in [0.2, 0.25) is 5.91 Å². The molecule has 2 aromatic carbocycles. The van der Waals surface area contributed by atoms with Crippen molar-refractivity contribution < 1.29 is 23.9 Å². The highest BCUT2D eigenvalue weighted by Gasteiger charge is 2.30. The van der Waals surface area contributed by atoms with Gasteiger partial charge in [-0.3, -0.25) is 4.79 Å². The molecule has 0 radical (unpaired) electrons. The van der Waals surface area contributed by atoms with Gasteiger partial charge in [0.1, 0.15) is 23.4 Å². The number of rotatable bonds is 9. The zero-order valence-corrected chi connectivity index (χ0v) is 21.8. The highest BCUT2D eigenvalue weighted by Crippen LogP contribution is 2.20. The molecule has 2 rings (SSSR count). The fraction of sp³-hybridized carbons (Fsp3) is 0.464. The minimum Gasteiger partial charge on any atom is -0.444 e. The average Bonchev–Trinajstić information content (AvgIpc) is 2.73. The molecular formula is C28H38N2O5. The van der Waals surface area contributed by atoms with Gasteiger partial charge >= 0.3 is 12.1 Å². The van der Waals surface area contributed by atoms with E-state index in [9.17, 15) is 14.4 Å². The van der Waals surface area contributed by atoms with Crippen LogP contribution in [0.4, 0.5) is 4.79 Å². The van der Waals surface area contributed by atoms with Crippen LogP contribution >= 0.6 is 0 Å². The van der Waals surface area contributed by atoms with E-state index in [4.69, 9.17) is 9.47 Å². The molecule has 0 heterocycles. The van der Waals surface area contributed by atoms with Crippen LogP contribution in [0.15, 0.2) is 48.5 Å². The van der Waals surface area contributed by atoms with E-state index in [-0.39, 0.29) is 12.3 Å². The smallest absolute Gasteiger partial charge is 0.408 e. The number of aryl methyl sites for hydroxylation is 2. The van der Waals surface area contributed by atoms with Crippen molar-refractivity contribution in [1.82, 2.24) is 10.6 Å². The minimum absolute atomic E-state index is 0.123. The van der Waals surface area contributed by atoms with Crippen LogP contribution in [-0.2, 0) is 20.7 Å². The first-order chi connectivity index (χ1) is 16.3. The molecule has 0 spiro atoms. The number of carbonyl (C=O) groups is 3. The second-order valence-electron chi connectivity index (χ2n) is 10.3. The van der Waals surface area contributed by atoms with Crippen molar-refractivity contribution in [3.63, 3.8) is 0 Å². The standard InChI is InChI=1S/C28H38N2O5/c1-18(2)15-23(26(32)34-24-14-13-19(3)16-20(24)4)29-25(31)22(17-21-11-9-8-10-12-21)30-27(33)35-28(5,6)7/h8-14,16,18,22-23H,15,17H2,1-7H3,(H,29,31)(H,30,33)/t22-,23-/m0/s1. The van der Waals surface area contributed by atoms with Crippen LogP contribution in [0.3, 0.4) is 0 Å². The molecule has 0 unspecified atom stereocenters. The lowest BCUT2D eigenvalue weighted by Gasteiger charge is -2.25. The summed E-state index contributed by atoms with van der Waals surface area (Å²) in [7, 11) is 0. The summed E-state index contributed by atoms with van der Waals surface area (Å²) in [6, 6.07) is 13.1. The predicted molar refractivity (Wildman–Crippen MR) is 136 cm³/mol. The van der Waals surface area contributed by atoms with Gasteiger partial charge in [-0.15, -0.1) is 0 Å². The first-order valence-electron chi connectivity index (χ1n) is 12.0. The van der Waals surface area contributed by atoms with Gasteiger partial charge in [-0.05, 0) is 64.2 Å². The molecular weight excluding hydrogens is 444 g/mol. The Kier molecular flexibility index (Phi) is 9.87. The quantitative estimate of drug-likeness (QED) is 0.393. The molecule has 0 aromatic heterocycles. The van der Waals surface area contributed by atoms with Crippen molar-refractivity contribution in [1.29, 1.82) is 0 Å². The third-order valence-corrected chi connectivity index (χ3v) is 5.14. The first kappa shape index (κ1) is 27.9. The summed E-state index contributed by atoms with van der Waals surface area (Å²) in [5, 5.41) is 5.46. The number of alkyl carbamates (subject to hydrolysis) is 1. The van der Waals surface area contributed by atoms with Crippen LogP contribution in [0.5, 0.6) is 5.75 Å². The number of carbonyl (C=O) groups excluding carboxylic acids is 3. The third-order valence-electron chi connectivity index (χ3n) is 5.14. The highest BCUT2D eigenvalue weighted by atomic mass is 16.6. The Bertz CT molecular complexity index is 1010. The van der Waals surface area contributed by atoms with E-state index in [0.29, 0.717) is 12.2 Å². The van der Waals surface area contributed by atoms with E-state index in [2.05, 4.69) is 10.6 Å². The van der Waals surface area contributed by atoms with Crippen molar-refractivity contribution in [2.75, 3.05) is 0 Å². The maximum Gasteiger partial charge on any atom is 0.408 e. The Morgan fingerprint density at radius 2 is 1.57 bits per heavy atom.